The monoisotopic (exact) mass is 258 g/mol. The van der Waals surface area contributed by atoms with Gasteiger partial charge in [-0.15, -0.1) is 0 Å². The van der Waals surface area contributed by atoms with Crippen LogP contribution in [0.5, 0.6) is 0 Å². The van der Waals surface area contributed by atoms with Crippen molar-refractivity contribution in [3.05, 3.63) is 33.9 Å². The summed E-state index contributed by atoms with van der Waals surface area (Å²) >= 11 is 0. The Kier molecular flexibility index (Phi) is 2.50. The minimum Gasteiger partial charge on any atom is -0.381 e. The Hall–Kier alpha value is -1.15. The van der Waals surface area contributed by atoms with Crippen molar-refractivity contribution >= 4 is 5.78 Å². The van der Waals surface area contributed by atoms with Crippen LogP contribution in [0.2, 0.25) is 0 Å². The number of ketones is 1. The molecule has 1 fully saturated rings. The average Bonchev–Trinajstić information content (AvgIpc) is 3.10. The molecule has 3 aliphatic rings. The summed E-state index contributed by atoms with van der Waals surface area (Å²) in [6.07, 6.45) is 5.96. The van der Waals surface area contributed by atoms with Crippen molar-refractivity contribution in [1.82, 2.24) is 0 Å². The number of hydrogen-bond donors (Lipinski definition) is 1. The lowest BCUT2D eigenvalue weighted by molar-refractivity contribution is -0.137. The number of aliphatic hydroxyl groups is 1. The van der Waals surface area contributed by atoms with E-state index in [1.807, 2.05) is 6.08 Å². The molecule has 102 valence electrons. The van der Waals surface area contributed by atoms with Gasteiger partial charge in [0.25, 0.3) is 0 Å². The lowest BCUT2D eigenvalue weighted by Gasteiger charge is -2.39. The minimum atomic E-state index is -1.21. The van der Waals surface area contributed by atoms with Crippen LogP contribution in [0.4, 0.5) is 0 Å². The normalized spacial score (nSPS) is 32.1. The maximum Gasteiger partial charge on any atom is 0.195 e. The van der Waals surface area contributed by atoms with Gasteiger partial charge in [-0.05, 0) is 62.8 Å². The molecule has 0 aromatic carbocycles. The molecule has 3 aliphatic carbocycles. The molecule has 1 saturated carbocycles. The highest BCUT2D eigenvalue weighted by Crippen LogP contribution is 2.65. The maximum atomic E-state index is 12.6. The summed E-state index contributed by atoms with van der Waals surface area (Å²) in [5, 5.41) is 10.7. The summed E-state index contributed by atoms with van der Waals surface area (Å²) in [7, 11) is 0. The van der Waals surface area contributed by atoms with Gasteiger partial charge < -0.3 is 5.11 Å². The van der Waals surface area contributed by atoms with E-state index >= 15 is 0 Å². The van der Waals surface area contributed by atoms with Crippen molar-refractivity contribution in [2.75, 3.05) is 0 Å². The van der Waals surface area contributed by atoms with E-state index in [1.165, 1.54) is 16.7 Å². The Bertz CT molecular complexity index is 566. The topological polar surface area (TPSA) is 37.3 Å². The predicted octanol–water partition coefficient (Wildman–Crippen LogP) is 3.47. The smallest absolute Gasteiger partial charge is 0.195 e. The molecule has 1 N–H and O–H groups in total. The van der Waals surface area contributed by atoms with Crippen LogP contribution in [0.25, 0.3) is 0 Å². The van der Waals surface area contributed by atoms with Gasteiger partial charge in [0.15, 0.2) is 5.78 Å². The highest BCUT2D eigenvalue weighted by atomic mass is 16.3. The first-order chi connectivity index (χ1) is 8.87. The lowest BCUT2D eigenvalue weighted by atomic mass is 9.67. The van der Waals surface area contributed by atoms with E-state index in [0.717, 1.165) is 36.8 Å². The fourth-order valence-corrected chi connectivity index (χ4v) is 3.99. The van der Waals surface area contributed by atoms with E-state index in [1.54, 1.807) is 6.92 Å². The maximum absolute atomic E-state index is 12.6. The molecule has 2 heteroatoms. The number of carbonyl (C=O) groups is 1. The molecule has 19 heavy (non-hydrogen) atoms. The third-order valence-electron chi connectivity index (χ3n) is 5.37. The molecule has 3 rings (SSSR count). The first kappa shape index (κ1) is 12.9. The molecule has 1 atom stereocenters. The lowest BCUT2D eigenvalue weighted by Crippen LogP contribution is -2.49. The Morgan fingerprint density at radius 2 is 1.95 bits per heavy atom. The van der Waals surface area contributed by atoms with Gasteiger partial charge in [0.2, 0.25) is 0 Å². The van der Waals surface area contributed by atoms with Crippen LogP contribution in [-0.4, -0.2) is 16.5 Å². The van der Waals surface area contributed by atoms with Crippen molar-refractivity contribution in [3.63, 3.8) is 0 Å². The van der Waals surface area contributed by atoms with Gasteiger partial charge >= 0.3 is 0 Å². The standard InChI is InChI=1S/C17H22O2/c1-5-6-12-10(2)9-13-14(12)11(3)17(7-8-17)16(4,19)15(13)18/h9,19H,5-8H2,1-4H3. The third kappa shape index (κ3) is 1.38. The van der Waals surface area contributed by atoms with Crippen LogP contribution in [0.3, 0.4) is 0 Å². The second kappa shape index (κ2) is 3.69. The summed E-state index contributed by atoms with van der Waals surface area (Å²) in [5.74, 6) is -0.0731. The molecule has 0 amide bonds. The van der Waals surface area contributed by atoms with Gasteiger partial charge in [-0.2, -0.15) is 0 Å². The third-order valence-corrected chi connectivity index (χ3v) is 5.37. The average molecular weight is 258 g/mol. The summed E-state index contributed by atoms with van der Waals surface area (Å²) in [5.41, 5.74) is 4.19. The van der Waals surface area contributed by atoms with E-state index in [9.17, 15) is 9.90 Å². The number of rotatable bonds is 2. The summed E-state index contributed by atoms with van der Waals surface area (Å²) in [4.78, 5) is 12.6. The molecule has 0 aliphatic heterocycles. The van der Waals surface area contributed by atoms with Gasteiger partial charge in [0, 0.05) is 11.0 Å². The van der Waals surface area contributed by atoms with Gasteiger partial charge in [0.05, 0.1) is 0 Å². The summed E-state index contributed by atoms with van der Waals surface area (Å²) in [6, 6.07) is 0. The van der Waals surface area contributed by atoms with Crippen LogP contribution in [0, 0.1) is 5.41 Å². The van der Waals surface area contributed by atoms with E-state index in [2.05, 4.69) is 20.8 Å². The van der Waals surface area contributed by atoms with Crippen molar-refractivity contribution in [3.8, 4) is 0 Å². The van der Waals surface area contributed by atoms with E-state index < -0.39 is 5.60 Å². The summed E-state index contributed by atoms with van der Waals surface area (Å²) < 4.78 is 0. The number of allylic oxidation sites excluding steroid dienone is 4. The molecule has 1 unspecified atom stereocenters. The SMILES string of the molecule is CCCC1=C(C)C=C2C(=O)C(C)(O)C3(CC3)C(C)=C21. The summed E-state index contributed by atoms with van der Waals surface area (Å²) in [6.45, 7) is 8.07. The van der Waals surface area contributed by atoms with Crippen LogP contribution < -0.4 is 0 Å². The second-order valence-corrected chi connectivity index (χ2v) is 6.45. The molecule has 0 heterocycles. The zero-order chi connectivity index (χ0) is 14.0. The van der Waals surface area contributed by atoms with Gasteiger partial charge in [0.1, 0.15) is 5.60 Å². The molecule has 0 radical (unpaired) electrons. The molecule has 1 spiro atoms. The molecule has 0 aromatic heterocycles. The van der Waals surface area contributed by atoms with Crippen molar-refractivity contribution in [2.24, 2.45) is 5.41 Å². The van der Waals surface area contributed by atoms with Gasteiger partial charge in [-0.25, -0.2) is 0 Å². The van der Waals surface area contributed by atoms with Crippen LogP contribution in [0.1, 0.15) is 53.4 Å². The number of fused-ring (bicyclic) bond motifs is 1. The van der Waals surface area contributed by atoms with Crippen LogP contribution >= 0.6 is 0 Å². The van der Waals surface area contributed by atoms with E-state index in [0.29, 0.717) is 0 Å². The number of Topliss-reactive ketones (excluding diaryl/α,β-unsaturated/α-hetero) is 1. The quantitative estimate of drug-likeness (QED) is 0.823. The largest absolute Gasteiger partial charge is 0.381 e. The number of carbonyl (C=O) groups excluding carboxylic acids is 1. The number of hydrogen-bond acceptors (Lipinski definition) is 2. The second-order valence-electron chi connectivity index (χ2n) is 6.45. The molecule has 2 nitrogen and oxygen atoms in total. The Balaban J connectivity index is 2.21. The molecule has 0 saturated heterocycles. The van der Waals surface area contributed by atoms with Crippen molar-refractivity contribution in [2.45, 2.75) is 59.0 Å². The zero-order valence-electron chi connectivity index (χ0n) is 12.3. The molecular formula is C17H22O2. The highest BCUT2D eigenvalue weighted by Gasteiger charge is 2.64. The zero-order valence-corrected chi connectivity index (χ0v) is 12.3. The van der Waals surface area contributed by atoms with E-state index in [4.69, 9.17) is 0 Å². The van der Waals surface area contributed by atoms with Crippen molar-refractivity contribution < 1.29 is 9.90 Å². The minimum absolute atomic E-state index is 0.0731. The highest BCUT2D eigenvalue weighted by molar-refractivity contribution is 6.10. The van der Waals surface area contributed by atoms with Crippen LogP contribution in [0.15, 0.2) is 33.9 Å². The van der Waals surface area contributed by atoms with Gasteiger partial charge in [-0.1, -0.05) is 18.9 Å². The molecule has 0 bridgehead atoms. The van der Waals surface area contributed by atoms with Crippen molar-refractivity contribution in [1.29, 1.82) is 0 Å². The first-order valence-corrected chi connectivity index (χ1v) is 7.27. The van der Waals surface area contributed by atoms with Gasteiger partial charge in [-0.3, -0.25) is 4.79 Å². The predicted molar refractivity (Wildman–Crippen MR) is 75.7 cm³/mol. The Morgan fingerprint density at radius 3 is 2.47 bits per heavy atom. The molecular weight excluding hydrogens is 236 g/mol. The fourth-order valence-electron chi connectivity index (χ4n) is 3.99. The Labute approximate surface area is 114 Å². The van der Waals surface area contributed by atoms with Crippen LogP contribution in [-0.2, 0) is 4.79 Å². The molecule has 0 aromatic rings. The first-order valence-electron chi connectivity index (χ1n) is 7.27. The Morgan fingerprint density at radius 1 is 1.32 bits per heavy atom. The fraction of sp³-hybridized carbons (Fsp3) is 0.588. The van der Waals surface area contributed by atoms with E-state index in [-0.39, 0.29) is 11.2 Å².